The van der Waals surface area contributed by atoms with Gasteiger partial charge in [0, 0.05) is 15.8 Å². The van der Waals surface area contributed by atoms with Gasteiger partial charge in [-0.2, -0.15) is 0 Å². The van der Waals surface area contributed by atoms with E-state index in [2.05, 4.69) is 12.2 Å². The van der Waals surface area contributed by atoms with Crippen molar-refractivity contribution in [2.75, 3.05) is 5.32 Å². The molecule has 0 bridgehead atoms. The third kappa shape index (κ3) is 4.08. The molecule has 0 spiro atoms. The number of rotatable bonds is 7. The molecule has 0 atom stereocenters. The molecule has 1 amide bonds. The highest BCUT2D eigenvalue weighted by Gasteiger charge is 2.20. The molecule has 0 aliphatic carbocycles. The Morgan fingerprint density at radius 1 is 1.00 bits per heavy atom. The van der Waals surface area contributed by atoms with Crippen LogP contribution in [0.5, 0.6) is 0 Å². The quantitative estimate of drug-likeness (QED) is 0.374. The Kier molecular flexibility index (Phi) is 5.90. The van der Waals surface area contributed by atoms with E-state index in [4.69, 9.17) is 4.42 Å². The first-order chi connectivity index (χ1) is 16.5. The Bertz CT molecular complexity index is 1590. The number of aryl methyl sites for hydroxylation is 1. The summed E-state index contributed by atoms with van der Waals surface area (Å²) >= 11 is 1.32. The Labute approximate surface area is 198 Å². The lowest BCUT2D eigenvalue weighted by molar-refractivity contribution is -0.116. The lowest BCUT2D eigenvalue weighted by Crippen LogP contribution is -2.41. The number of amides is 1. The van der Waals surface area contributed by atoms with Crippen LogP contribution in [0, 0.1) is 0 Å². The summed E-state index contributed by atoms with van der Waals surface area (Å²) in [5.74, 6) is 0.146. The molecule has 2 aromatic carbocycles. The normalized spacial score (nSPS) is 11.3. The minimum Gasteiger partial charge on any atom is -0.467 e. The minimum atomic E-state index is -0.550. The lowest BCUT2D eigenvalue weighted by Gasteiger charge is -2.12. The Hall–Kier alpha value is -3.91. The molecule has 0 aliphatic heterocycles. The molecular formula is C26H23N3O4S. The molecule has 3 heterocycles. The van der Waals surface area contributed by atoms with Gasteiger partial charge in [-0.25, -0.2) is 4.79 Å². The monoisotopic (exact) mass is 473 g/mol. The van der Waals surface area contributed by atoms with Crippen molar-refractivity contribution in [3.05, 3.63) is 99.1 Å². The van der Waals surface area contributed by atoms with Crippen LogP contribution in [0.15, 0.2) is 80.9 Å². The fourth-order valence-electron chi connectivity index (χ4n) is 4.13. The van der Waals surface area contributed by atoms with Crippen LogP contribution in [0.25, 0.3) is 20.3 Å². The second kappa shape index (κ2) is 9.15. The molecule has 5 rings (SSSR count). The van der Waals surface area contributed by atoms with Crippen molar-refractivity contribution in [2.45, 2.75) is 32.9 Å². The molecule has 0 radical (unpaired) electrons. The van der Waals surface area contributed by atoms with Gasteiger partial charge < -0.3 is 9.73 Å². The number of benzene rings is 2. The van der Waals surface area contributed by atoms with E-state index in [0.717, 1.165) is 27.5 Å². The molecular weight excluding hydrogens is 450 g/mol. The molecule has 34 heavy (non-hydrogen) atoms. The molecule has 0 aliphatic rings. The van der Waals surface area contributed by atoms with E-state index in [1.165, 1.54) is 27.7 Å². The topological polar surface area (TPSA) is 86.2 Å². The van der Waals surface area contributed by atoms with Crippen molar-refractivity contribution in [2.24, 2.45) is 0 Å². The number of hydrogen-bond acceptors (Lipinski definition) is 5. The van der Waals surface area contributed by atoms with Crippen LogP contribution in [0.1, 0.15) is 24.7 Å². The van der Waals surface area contributed by atoms with Crippen LogP contribution >= 0.6 is 11.3 Å². The summed E-state index contributed by atoms with van der Waals surface area (Å²) in [6.07, 6.45) is 3.52. The predicted molar refractivity (Wildman–Crippen MR) is 135 cm³/mol. The van der Waals surface area contributed by atoms with Crippen molar-refractivity contribution >= 4 is 43.2 Å². The number of thiophene rings is 1. The van der Waals surface area contributed by atoms with Crippen molar-refractivity contribution in [1.29, 1.82) is 0 Å². The molecule has 0 fully saturated rings. The van der Waals surface area contributed by atoms with Gasteiger partial charge in [0.05, 0.1) is 18.3 Å². The highest BCUT2D eigenvalue weighted by atomic mass is 32.1. The number of nitrogens with one attached hydrogen (secondary N) is 1. The van der Waals surface area contributed by atoms with Gasteiger partial charge in [-0.1, -0.05) is 43.7 Å². The van der Waals surface area contributed by atoms with E-state index in [1.54, 1.807) is 12.1 Å². The molecule has 8 heteroatoms. The largest absolute Gasteiger partial charge is 0.467 e. The molecule has 1 N–H and O–H groups in total. The van der Waals surface area contributed by atoms with Crippen molar-refractivity contribution in [1.82, 2.24) is 9.13 Å². The maximum atomic E-state index is 13.5. The number of furan rings is 1. The fourth-order valence-corrected chi connectivity index (χ4v) is 5.28. The van der Waals surface area contributed by atoms with Crippen LogP contribution < -0.4 is 16.6 Å². The number of nitrogens with zero attached hydrogens (tertiary/aromatic N) is 2. The van der Waals surface area contributed by atoms with E-state index in [0.29, 0.717) is 21.7 Å². The number of carbonyl (C=O) groups excluding carboxylic acids is 1. The van der Waals surface area contributed by atoms with Crippen molar-refractivity contribution in [3.8, 4) is 0 Å². The zero-order valence-electron chi connectivity index (χ0n) is 18.6. The second-order valence-electron chi connectivity index (χ2n) is 8.11. The molecule has 0 unspecified atom stereocenters. The highest BCUT2D eigenvalue weighted by Crippen LogP contribution is 2.30. The Morgan fingerprint density at radius 2 is 1.79 bits per heavy atom. The number of carbonyl (C=O) groups is 1. The summed E-state index contributed by atoms with van der Waals surface area (Å²) in [6, 6.07) is 18.6. The van der Waals surface area contributed by atoms with Crippen LogP contribution in [0.2, 0.25) is 0 Å². The highest BCUT2D eigenvalue weighted by molar-refractivity contribution is 7.25. The van der Waals surface area contributed by atoms with E-state index in [-0.39, 0.29) is 24.6 Å². The second-order valence-corrected chi connectivity index (χ2v) is 9.16. The van der Waals surface area contributed by atoms with Gasteiger partial charge in [0.15, 0.2) is 0 Å². The number of aromatic nitrogens is 2. The van der Waals surface area contributed by atoms with Gasteiger partial charge in [-0.3, -0.25) is 18.7 Å². The van der Waals surface area contributed by atoms with Gasteiger partial charge in [-0.15, -0.1) is 11.3 Å². The standard InChI is InChI=1S/C26H23N3O4S/c1-2-6-17-10-12-18(13-11-17)27-22(30)16-28-23-20-8-3-4-9-21(20)34-24(23)25(31)29(26(28)32)15-19-7-5-14-33-19/h3-5,7-14H,2,6,15-16H2,1H3,(H,27,30). The molecule has 0 saturated heterocycles. The fraction of sp³-hybridized carbons (Fsp3) is 0.192. The van der Waals surface area contributed by atoms with Crippen molar-refractivity contribution in [3.63, 3.8) is 0 Å². The zero-order chi connectivity index (χ0) is 23.7. The van der Waals surface area contributed by atoms with E-state index >= 15 is 0 Å². The summed E-state index contributed by atoms with van der Waals surface area (Å²) < 4.78 is 9.19. The van der Waals surface area contributed by atoms with Gasteiger partial charge >= 0.3 is 5.69 Å². The predicted octanol–water partition coefficient (Wildman–Crippen LogP) is 4.61. The molecule has 3 aromatic heterocycles. The minimum absolute atomic E-state index is 0.00460. The van der Waals surface area contributed by atoms with Crippen LogP contribution in [-0.2, 0) is 24.3 Å². The maximum Gasteiger partial charge on any atom is 0.332 e. The summed E-state index contributed by atoms with van der Waals surface area (Å²) in [4.78, 5) is 39.7. The van der Waals surface area contributed by atoms with E-state index < -0.39 is 5.69 Å². The zero-order valence-corrected chi connectivity index (χ0v) is 19.4. The van der Waals surface area contributed by atoms with E-state index in [9.17, 15) is 14.4 Å². The first-order valence-electron chi connectivity index (χ1n) is 11.1. The molecule has 5 aromatic rings. The first kappa shape index (κ1) is 21.9. The van der Waals surface area contributed by atoms with E-state index in [1.807, 2.05) is 48.5 Å². The van der Waals surface area contributed by atoms with Crippen LogP contribution in [0.3, 0.4) is 0 Å². The average Bonchev–Trinajstić information content (AvgIpc) is 3.49. The van der Waals surface area contributed by atoms with Gasteiger partial charge in [0.2, 0.25) is 5.91 Å². The van der Waals surface area contributed by atoms with Gasteiger partial charge in [-0.05, 0) is 42.3 Å². The van der Waals surface area contributed by atoms with Crippen molar-refractivity contribution < 1.29 is 9.21 Å². The van der Waals surface area contributed by atoms with Gasteiger partial charge in [0.1, 0.15) is 17.0 Å². The molecule has 172 valence electrons. The average molecular weight is 474 g/mol. The maximum absolute atomic E-state index is 13.5. The summed E-state index contributed by atoms with van der Waals surface area (Å²) in [7, 11) is 0. The third-order valence-corrected chi connectivity index (χ3v) is 6.86. The Morgan fingerprint density at radius 3 is 2.53 bits per heavy atom. The summed E-state index contributed by atoms with van der Waals surface area (Å²) in [5, 5.41) is 3.65. The lowest BCUT2D eigenvalue weighted by atomic mass is 10.1. The number of fused-ring (bicyclic) bond motifs is 3. The van der Waals surface area contributed by atoms with Crippen LogP contribution in [0.4, 0.5) is 5.69 Å². The molecule has 7 nitrogen and oxygen atoms in total. The summed E-state index contributed by atoms with van der Waals surface area (Å²) in [5.41, 5.74) is 1.41. The Balaban J connectivity index is 1.57. The summed E-state index contributed by atoms with van der Waals surface area (Å²) in [6.45, 7) is 1.90. The number of hydrogen-bond donors (Lipinski definition) is 1. The molecule has 0 saturated carbocycles. The SMILES string of the molecule is CCCc1ccc(NC(=O)Cn2c(=O)n(Cc3ccco3)c(=O)c3sc4ccccc4c32)cc1. The smallest absolute Gasteiger partial charge is 0.332 e. The third-order valence-electron chi connectivity index (χ3n) is 5.71. The van der Waals surface area contributed by atoms with Crippen LogP contribution in [-0.4, -0.2) is 15.0 Å². The first-order valence-corrected chi connectivity index (χ1v) is 11.9. The van der Waals surface area contributed by atoms with Gasteiger partial charge in [0.25, 0.3) is 5.56 Å². The number of anilines is 1.